The molecule has 1 aromatic carbocycles. The maximum Gasteiger partial charge on any atom is 0.266 e. The number of anilines is 2. The zero-order valence-corrected chi connectivity index (χ0v) is 14.6. The first-order valence-corrected chi connectivity index (χ1v) is 8.81. The van der Waals surface area contributed by atoms with E-state index >= 15 is 0 Å². The fourth-order valence-electron chi connectivity index (χ4n) is 1.92. The number of nitrogens with zero attached hydrogens (tertiary/aromatic N) is 2. The molecule has 0 saturated heterocycles. The summed E-state index contributed by atoms with van der Waals surface area (Å²) in [5, 5.41) is 10.9. The number of rotatable bonds is 8. The van der Waals surface area contributed by atoms with Gasteiger partial charge in [0.15, 0.2) is 5.82 Å². The number of methoxy groups -OCH3 is 2. The molecule has 0 aliphatic heterocycles. The summed E-state index contributed by atoms with van der Waals surface area (Å²) in [6.07, 6.45) is 0.952. The summed E-state index contributed by atoms with van der Waals surface area (Å²) in [5.41, 5.74) is 0. The molecule has 0 aliphatic carbocycles. The van der Waals surface area contributed by atoms with Crippen LogP contribution in [0.15, 0.2) is 35.2 Å². The van der Waals surface area contributed by atoms with Crippen LogP contribution in [-0.2, 0) is 10.0 Å². The van der Waals surface area contributed by atoms with Crippen LogP contribution in [0.3, 0.4) is 0 Å². The van der Waals surface area contributed by atoms with Crippen LogP contribution in [0.1, 0.15) is 13.3 Å². The fraction of sp³-hybridized carbons (Fsp3) is 0.333. The van der Waals surface area contributed by atoms with E-state index in [0.29, 0.717) is 11.6 Å². The molecule has 2 rings (SSSR count). The van der Waals surface area contributed by atoms with Gasteiger partial charge in [0, 0.05) is 12.6 Å². The second-order valence-electron chi connectivity index (χ2n) is 4.85. The lowest BCUT2D eigenvalue weighted by Crippen LogP contribution is -2.15. The minimum absolute atomic E-state index is 0.0132. The smallest absolute Gasteiger partial charge is 0.266 e. The van der Waals surface area contributed by atoms with Gasteiger partial charge in [-0.25, -0.2) is 8.42 Å². The normalized spacial score (nSPS) is 11.0. The molecule has 0 bridgehead atoms. The highest BCUT2D eigenvalue weighted by Crippen LogP contribution is 2.29. The van der Waals surface area contributed by atoms with Gasteiger partial charge in [-0.2, -0.15) is 0 Å². The molecule has 0 saturated carbocycles. The Balaban J connectivity index is 2.22. The van der Waals surface area contributed by atoms with Crippen molar-refractivity contribution in [3.63, 3.8) is 0 Å². The van der Waals surface area contributed by atoms with Gasteiger partial charge in [-0.3, -0.25) is 4.72 Å². The van der Waals surface area contributed by atoms with Crippen molar-refractivity contribution >= 4 is 21.7 Å². The van der Waals surface area contributed by atoms with Crippen molar-refractivity contribution in [1.82, 2.24) is 10.2 Å². The first kappa shape index (κ1) is 17.8. The van der Waals surface area contributed by atoms with Gasteiger partial charge >= 0.3 is 0 Å². The molecule has 2 aromatic rings. The highest BCUT2D eigenvalue weighted by Gasteiger charge is 2.21. The van der Waals surface area contributed by atoms with Gasteiger partial charge < -0.3 is 14.8 Å². The lowest BCUT2D eigenvalue weighted by Gasteiger charge is -2.12. The first-order chi connectivity index (χ1) is 11.5. The third kappa shape index (κ3) is 4.25. The van der Waals surface area contributed by atoms with Crippen molar-refractivity contribution in [2.24, 2.45) is 0 Å². The molecule has 0 radical (unpaired) electrons. The maximum atomic E-state index is 12.5. The van der Waals surface area contributed by atoms with E-state index in [1.165, 1.54) is 26.4 Å². The van der Waals surface area contributed by atoms with Gasteiger partial charge in [-0.1, -0.05) is 6.92 Å². The molecule has 0 atom stereocenters. The molecule has 0 fully saturated rings. The van der Waals surface area contributed by atoms with Crippen LogP contribution in [0.25, 0.3) is 0 Å². The number of aromatic nitrogens is 2. The summed E-state index contributed by atoms with van der Waals surface area (Å²) in [7, 11) is -0.983. The van der Waals surface area contributed by atoms with E-state index in [4.69, 9.17) is 9.47 Å². The lowest BCUT2D eigenvalue weighted by atomic mass is 10.3. The zero-order valence-electron chi connectivity index (χ0n) is 13.7. The second kappa shape index (κ2) is 7.82. The number of hydrogen-bond acceptors (Lipinski definition) is 7. The predicted octanol–water partition coefficient (Wildman–Crippen LogP) is 2.12. The number of ether oxygens (including phenoxy) is 2. The van der Waals surface area contributed by atoms with Gasteiger partial charge in [0.2, 0.25) is 0 Å². The Labute approximate surface area is 141 Å². The summed E-state index contributed by atoms with van der Waals surface area (Å²) >= 11 is 0. The van der Waals surface area contributed by atoms with Crippen molar-refractivity contribution < 1.29 is 17.9 Å². The summed E-state index contributed by atoms with van der Waals surface area (Å²) in [4.78, 5) is -0.0132. The molecule has 1 aromatic heterocycles. The van der Waals surface area contributed by atoms with Crippen LogP contribution < -0.4 is 19.5 Å². The molecule has 24 heavy (non-hydrogen) atoms. The van der Waals surface area contributed by atoms with Crippen molar-refractivity contribution in [2.45, 2.75) is 18.2 Å². The van der Waals surface area contributed by atoms with Crippen LogP contribution in [0.4, 0.5) is 11.6 Å². The fourth-order valence-corrected chi connectivity index (χ4v) is 3.07. The molecule has 1 heterocycles. The summed E-state index contributed by atoms with van der Waals surface area (Å²) in [5.74, 6) is 1.38. The quantitative estimate of drug-likeness (QED) is 0.750. The number of benzene rings is 1. The first-order valence-electron chi connectivity index (χ1n) is 7.32. The van der Waals surface area contributed by atoms with E-state index < -0.39 is 10.0 Å². The topological polar surface area (TPSA) is 102 Å². The van der Waals surface area contributed by atoms with E-state index in [-0.39, 0.29) is 16.5 Å². The van der Waals surface area contributed by atoms with Gasteiger partial charge in [-0.15, -0.1) is 10.2 Å². The molecule has 2 N–H and O–H groups in total. The highest BCUT2D eigenvalue weighted by molar-refractivity contribution is 7.92. The van der Waals surface area contributed by atoms with Crippen molar-refractivity contribution in [3.8, 4) is 11.5 Å². The summed E-state index contributed by atoms with van der Waals surface area (Å²) in [6.45, 7) is 2.80. The van der Waals surface area contributed by atoms with E-state index in [1.54, 1.807) is 18.2 Å². The molecule has 0 unspecified atom stereocenters. The molecule has 0 aliphatic rings. The van der Waals surface area contributed by atoms with E-state index in [0.717, 1.165) is 13.0 Å². The van der Waals surface area contributed by atoms with Crippen LogP contribution in [0.5, 0.6) is 11.5 Å². The average Bonchev–Trinajstić information content (AvgIpc) is 2.60. The third-order valence-corrected chi connectivity index (χ3v) is 4.51. The third-order valence-electron chi connectivity index (χ3n) is 3.12. The SMILES string of the molecule is CCCNc1ccc(NS(=O)(=O)c2ccc(OC)cc2OC)nn1. The van der Waals surface area contributed by atoms with Crippen LogP contribution in [-0.4, -0.2) is 39.4 Å². The Hall–Kier alpha value is -2.55. The molecular formula is C15H20N4O4S. The van der Waals surface area contributed by atoms with E-state index in [2.05, 4.69) is 20.2 Å². The Kier molecular flexibility index (Phi) is 5.80. The van der Waals surface area contributed by atoms with Crippen LogP contribution in [0, 0.1) is 0 Å². The largest absolute Gasteiger partial charge is 0.497 e. The van der Waals surface area contributed by atoms with Crippen LogP contribution in [0.2, 0.25) is 0 Å². The lowest BCUT2D eigenvalue weighted by molar-refractivity contribution is 0.386. The van der Waals surface area contributed by atoms with Gasteiger partial charge in [0.1, 0.15) is 22.2 Å². The number of sulfonamides is 1. The minimum Gasteiger partial charge on any atom is -0.497 e. The molecule has 9 heteroatoms. The van der Waals surface area contributed by atoms with Crippen molar-refractivity contribution in [2.75, 3.05) is 30.8 Å². The Morgan fingerprint density at radius 3 is 2.33 bits per heavy atom. The van der Waals surface area contributed by atoms with Crippen molar-refractivity contribution in [3.05, 3.63) is 30.3 Å². The molecule has 8 nitrogen and oxygen atoms in total. The summed E-state index contributed by atoms with van der Waals surface area (Å²) in [6, 6.07) is 7.65. The standard InChI is InChI=1S/C15H20N4O4S/c1-4-9-16-14-7-8-15(18-17-14)19-24(20,21)13-6-5-11(22-2)10-12(13)23-3/h5-8,10H,4,9H2,1-3H3,(H,16,17)(H,18,19). The monoisotopic (exact) mass is 352 g/mol. The minimum atomic E-state index is -3.86. The van der Waals surface area contributed by atoms with Crippen molar-refractivity contribution in [1.29, 1.82) is 0 Å². The molecule has 0 amide bonds. The number of nitrogens with one attached hydrogen (secondary N) is 2. The maximum absolute atomic E-state index is 12.5. The summed E-state index contributed by atoms with van der Waals surface area (Å²) < 4.78 is 37.6. The van der Waals surface area contributed by atoms with Gasteiger partial charge in [0.05, 0.1) is 14.2 Å². The number of hydrogen-bond donors (Lipinski definition) is 2. The molecular weight excluding hydrogens is 332 g/mol. The Bertz CT molecular complexity index is 779. The van der Waals surface area contributed by atoms with Gasteiger partial charge in [-0.05, 0) is 30.7 Å². The van der Waals surface area contributed by atoms with E-state index in [9.17, 15) is 8.42 Å². The average molecular weight is 352 g/mol. The second-order valence-corrected chi connectivity index (χ2v) is 6.50. The van der Waals surface area contributed by atoms with Gasteiger partial charge in [0.25, 0.3) is 10.0 Å². The van der Waals surface area contributed by atoms with E-state index in [1.807, 2.05) is 6.92 Å². The Morgan fingerprint density at radius 2 is 1.75 bits per heavy atom. The molecule has 130 valence electrons. The predicted molar refractivity (Wildman–Crippen MR) is 91.2 cm³/mol. The van der Waals surface area contributed by atoms with Crippen LogP contribution >= 0.6 is 0 Å². The Morgan fingerprint density at radius 1 is 1.04 bits per heavy atom. The molecule has 0 spiro atoms. The highest BCUT2D eigenvalue weighted by atomic mass is 32.2. The zero-order chi connectivity index (χ0) is 17.6.